The van der Waals surface area contributed by atoms with Crippen LogP contribution < -0.4 is 46.2 Å². The van der Waals surface area contributed by atoms with Crippen LogP contribution in [0.4, 0.5) is 0 Å². The number of ether oxygens (including phenoxy) is 2. The molecule has 1 atom stereocenters. The number of carboxylic acids is 1. The number of aliphatic hydroxyl groups excluding tert-OH is 1. The number of fused-ring (bicyclic) bond motifs is 3. The van der Waals surface area contributed by atoms with Crippen LogP contribution in [0.1, 0.15) is 243 Å². The van der Waals surface area contributed by atoms with Gasteiger partial charge in [-0.2, -0.15) is 0 Å². The van der Waals surface area contributed by atoms with Gasteiger partial charge in [0.25, 0.3) is 5.91 Å². The Kier molecular flexibility index (Phi) is 38.3. The van der Waals surface area contributed by atoms with E-state index in [1.807, 2.05) is 30.3 Å². The molecule has 15 heteroatoms. The fraction of sp³-hybridized carbons (Fsp3) is 0.616. The number of rotatable bonds is 12. The summed E-state index contributed by atoms with van der Waals surface area (Å²) >= 11 is 0. The quantitative estimate of drug-likeness (QED) is 0.0450. The summed E-state index contributed by atoms with van der Waals surface area (Å²) in [6.45, 7) is 3.91. The van der Waals surface area contributed by atoms with Crippen LogP contribution in [0.2, 0.25) is 0 Å². The molecule has 1 heterocycles. The molecule has 6 N–H and O–H groups in total. The van der Waals surface area contributed by atoms with Crippen LogP contribution in [0.3, 0.4) is 0 Å². The van der Waals surface area contributed by atoms with Crippen molar-refractivity contribution in [2.45, 2.75) is 212 Å². The fourth-order valence-corrected chi connectivity index (χ4v) is 13.3. The molecule has 0 bridgehead atoms. The largest absolute Gasteiger partial charge is 1.00 e. The van der Waals surface area contributed by atoms with E-state index in [0.717, 1.165) is 63.6 Å². The molecule has 10 rings (SSSR count). The number of nitrogens with one attached hydrogen (secondary N) is 1. The number of benzene rings is 3. The number of amides is 1. The van der Waals surface area contributed by atoms with Crippen molar-refractivity contribution in [3.05, 3.63) is 151 Å². The number of aromatic carboxylic acids is 1. The molecule has 1 unspecified atom stereocenters. The molecule has 0 spiro atoms. The first-order chi connectivity index (χ1) is 41.6. The predicted octanol–water partition coefficient (Wildman–Crippen LogP) is 11.4. The minimum atomic E-state index is -1.03. The number of methoxy groups -OCH3 is 2. The van der Waals surface area contributed by atoms with Gasteiger partial charge in [-0.1, -0.05) is 107 Å². The second-order valence-electron chi connectivity index (χ2n) is 25.7. The van der Waals surface area contributed by atoms with Crippen molar-refractivity contribution in [3.8, 4) is 0 Å². The van der Waals surface area contributed by atoms with Crippen molar-refractivity contribution in [1.29, 1.82) is 0 Å². The summed E-state index contributed by atoms with van der Waals surface area (Å²) in [6, 6.07) is 20.6. The molecule has 88 heavy (non-hydrogen) atoms. The van der Waals surface area contributed by atoms with Gasteiger partial charge < -0.3 is 50.4 Å². The van der Waals surface area contributed by atoms with Gasteiger partial charge >= 0.3 is 47.1 Å². The molecule has 484 valence electrons. The van der Waals surface area contributed by atoms with Gasteiger partial charge in [0.05, 0.1) is 18.2 Å². The van der Waals surface area contributed by atoms with Crippen molar-refractivity contribution < 1.29 is 73.5 Å². The van der Waals surface area contributed by atoms with Crippen LogP contribution in [-0.4, -0.2) is 112 Å². The van der Waals surface area contributed by atoms with Crippen molar-refractivity contribution >= 4 is 17.8 Å². The Balaban J connectivity index is 0.000000286. The Morgan fingerprint density at radius 2 is 0.955 bits per heavy atom. The fourth-order valence-electron chi connectivity index (χ4n) is 13.3. The Morgan fingerprint density at radius 3 is 1.36 bits per heavy atom. The maximum atomic E-state index is 12.7. The summed E-state index contributed by atoms with van der Waals surface area (Å²) in [5, 5.41) is 21.2. The second kappa shape index (κ2) is 43.3. The van der Waals surface area contributed by atoms with Gasteiger partial charge in [0.1, 0.15) is 6.26 Å². The van der Waals surface area contributed by atoms with Crippen LogP contribution in [-0.2, 0) is 48.0 Å². The van der Waals surface area contributed by atoms with E-state index < -0.39 is 17.9 Å². The number of allylic oxidation sites excluding steroid dienone is 2. The average Bonchev–Trinajstić information content (AvgIpc) is 4.18. The van der Waals surface area contributed by atoms with E-state index in [4.69, 9.17) is 20.7 Å². The molecular formula is C73H111N4NaO10. The van der Waals surface area contributed by atoms with Crippen LogP contribution in [0.15, 0.2) is 94.4 Å². The number of hydrogen-bond donors (Lipinski definition) is 4. The zero-order valence-corrected chi connectivity index (χ0v) is 57.3. The molecule has 1 amide bonds. The van der Waals surface area contributed by atoms with Crippen LogP contribution >= 0.6 is 0 Å². The zero-order chi connectivity index (χ0) is 62.0. The van der Waals surface area contributed by atoms with Crippen molar-refractivity contribution in [1.82, 2.24) is 15.1 Å². The van der Waals surface area contributed by atoms with Gasteiger partial charge in [-0.05, 0) is 244 Å². The monoisotopic (exact) mass is 1230 g/mol. The van der Waals surface area contributed by atoms with Gasteiger partial charge in [-0.3, -0.25) is 4.79 Å². The van der Waals surface area contributed by atoms with Gasteiger partial charge in [-0.25, -0.2) is 14.4 Å². The van der Waals surface area contributed by atoms with Crippen LogP contribution in [0, 0.1) is 10.8 Å². The number of aliphatic hydroxyl groups is 1. The Bertz CT molecular complexity index is 2680. The summed E-state index contributed by atoms with van der Waals surface area (Å²) in [4.78, 5) is 50.0. The third kappa shape index (κ3) is 28.4. The van der Waals surface area contributed by atoms with Gasteiger partial charge in [0, 0.05) is 49.4 Å². The van der Waals surface area contributed by atoms with E-state index >= 15 is 0 Å². The molecule has 2 saturated carbocycles. The molecule has 14 nitrogen and oxygen atoms in total. The third-order valence-electron chi connectivity index (χ3n) is 18.1. The van der Waals surface area contributed by atoms with E-state index in [2.05, 4.69) is 82.8 Å². The van der Waals surface area contributed by atoms with Gasteiger partial charge in [0.15, 0.2) is 6.29 Å². The summed E-state index contributed by atoms with van der Waals surface area (Å²) < 4.78 is 13.8. The third-order valence-corrected chi connectivity index (χ3v) is 18.1. The molecule has 1 aromatic heterocycles. The van der Waals surface area contributed by atoms with Crippen molar-refractivity contribution in [2.24, 2.45) is 16.6 Å². The first-order valence-electron chi connectivity index (χ1n) is 33.0. The van der Waals surface area contributed by atoms with E-state index in [9.17, 15) is 19.2 Å². The summed E-state index contributed by atoms with van der Waals surface area (Å²) in [5.41, 5.74) is 16.6. The number of carbonyl (C=O) groups excluding carboxylic acids is 2. The molecule has 6 aliphatic carbocycles. The molecule has 0 saturated heterocycles. The average molecular weight is 1230 g/mol. The number of aryl methyl sites for hydroxylation is 6. The smallest absolute Gasteiger partial charge is 0.870 e. The zero-order valence-electron chi connectivity index (χ0n) is 55.3. The van der Waals surface area contributed by atoms with Crippen molar-refractivity contribution in [2.75, 3.05) is 68.6 Å². The Labute approximate surface area is 551 Å². The SMILES string of the molecule is C1=CCCCCCC1.CN(C)CC1(CN)CCCC1.CN(C)CC1(CNC(=O)c2ccc3c(c2)CCCCCC3)CCCC1.COC(=O)c1ccc2c(c1)CCCCCC2.COC(O)c1ccc(=O)oc1.O=C(O)c1ccc2c(c1)CCCCCC2.[Na+].[OH-]. The maximum Gasteiger partial charge on any atom is 1.00 e. The topological polar surface area (TPSA) is 215 Å². The van der Waals surface area contributed by atoms with Crippen molar-refractivity contribution in [3.63, 3.8) is 0 Å². The minimum absolute atomic E-state index is 0. The number of nitrogens with zero attached hydrogens (tertiary/aromatic N) is 2. The molecule has 0 radical (unpaired) electrons. The molecule has 0 aliphatic heterocycles. The van der Waals surface area contributed by atoms with E-state index in [1.54, 1.807) is 6.07 Å². The molecule has 3 aromatic carbocycles. The van der Waals surface area contributed by atoms with Gasteiger partial charge in [-0.15, -0.1) is 0 Å². The number of hydrogen-bond acceptors (Lipinski definition) is 12. The standard InChI is InChI=1S/C22H34N2O.C14H18O2.C13H16O2.C9H20N2.C8H14.C7H8O4.Na.H2O/c1-24(2)17-22(13-7-8-14-22)16-23-21(25)20-12-11-18-9-5-3-4-6-10-19(18)15-20;1-16-14(15)13-9-8-11-6-4-2-3-5-7-12(11)10-13;14-13(15)12-8-7-10-5-3-1-2-4-6-11(10)9-12;1-11(2)8-9(7-10)5-3-4-6-9;1-2-4-6-8-7-5-3-1;1-10-7(9)5-2-3-6(8)11-4-5;;/h11-12,15H,3-10,13-14,16-17H2,1-2H3,(H,23,25);8-10H,2-7H2,1H3;7-9H,1-6H2,(H,14,15);3-8,10H2,1-2H3;1-2H,3-8H2;2-4,7,9H,1H3;;1H2/q;;;;;;+1;/p-1. The van der Waals surface area contributed by atoms with E-state index in [1.165, 1.54) is 240 Å². The van der Waals surface area contributed by atoms with E-state index in [-0.39, 0.29) is 52.3 Å². The predicted molar refractivity (Wildman–Crippen MR) is 351 cm³/mol. The molecule has 2 fully saturated rings. The number of esters is 1. The van der Waals surface area contributed by atoms with E-state index in [0.29, 0.717) is 22.1 Å². The molecule has 6 aliphatic rings. The number of carbonyl (C=O) groups is 3. The summed E-state index contributed by atoms with van der Waals surface area (Å²) in [7, 11) is 11.3. The first kappa shape index (κ1) is 77.8. The Hall–Kier alpha value is -4.48. The maximum absolute atomic E-state index is 12.7. The minimum Gasteiger partial charge on any atom is -0.870 e. The normalized spacial score (nSPS) is 17.8. The number of nitrogens with two attached hydrogens (primary N) is 1. The molecular weight excluding hydrogens is 1120 g/mol. The first-order valence-corrected chi connectivity index (χ1v) is 33.0. The summed E-state index contributed by atoms with van der Waals surface area (Å²) in [6.07, 6.45) is 45.7. The number of carboxylic acid groups (broad SMARTS) is 1. The second-order valence-corrected chi connectivity index (χ2v) is 25.7. The molecule has 4 aromatic rings. The van der Waals surface area contributed by atoms with Gasteiger partial charge in [0.2, 0.25) is 0 Å². The van der Waals surface area contributed by atoms with Crippen LogP contribution in [0.25, 0.3) is 0 Å². The Morgan fingerprint density at radius 1 is 0.557 bits per heavy atom. The summed E-state index contributed by atoms with van der Waals surface area (Å²) in [5.74, 6) is -0.945. The van der Waals surface area contributed by atoms with Crippen LogP contribution in [0.5, 0.6) is 0 Å².